The molecule has 0 saturated heterocycles. The van der Waals surface area contributed by atoms with E-state index in [1.54, 1.807) is 0 Å². The van der Waals surface area contributed by atoms with Gasteiger partial charge in [-0.05, 0) is 164 Å². The van der Waals surface area contributed by atoms with E-state index in [1.807, 2.05) is 36.4 Å². The van der Waals surface area contributed by atoms with Gasteiger partial charge in [0.2, 0.25) is 0 Å². The maximum absolute atomic E-state index is 10.4. The van der Waals surface area contributed by atoms with Crippen LogP contribution < -0.4 is 18.9 Å². The quantitative estimate of drug-likeness (QED) is 0.0288. The zero-order valence-electron chi connectivity index (χ0n) is 47.3. The Labute approximate surface area is 465 Å². The molecule has 0 heterocycles. The van der Waals surface area contributed by atoms with Gasteiger partial charge in [-0.25, -0.2) is 0 Å². The molecule has 0 amide bonds. The minimum atomic E-state index is 0.306. The van der Waals surface area contributed by atoms with Gasteiger partial charge in [-0.1, -0.05) is 156 Å². The first-order valence-corrected chi connectivity index (χ1v) is 29.8. The lowest BCUT2D eigenvalue weighted by molar-refractivity contribution is 0.289. The molecule has 7 aromatic rings. The van der Waals surface area contributed by atoms with Gasteiger partial charge < -0.3 is 18.9 Å². The average Bonchev–Trinajstić information content (AvgIpc) is 3.56. The number of nitriles is 4. The van der Waals surface area contributed by atoms with Gasteiger partial charge in [0.05, 0.1) is 48.7 Å². The second-order valence-corrected chi connectivity index (χ2v) is 21.3. The van der Waals surface area contributed by atoms with E-state index in [0.717, 1.165) is 140 Å². The van der Waals surface area contributed by atoms with Crippen molar-refractivity contribution in [3.63, 3.8) is 0 Å². The Morgan fingerprint density at radius 2 is 0.513 bits per heavy atom. The van der Waals surface area contributed by atoms with E-state index in [9.17, 15) is 21.0 Å². The second kappa shape index (κ2) is 31.2. The number of hydrogen-bond donors (Lipinski definition) is 0. The topological polar surface area (TPSA) is 132 Å². The molecule has 0 unspecified atom stereocenters. The van der Waals surface area contributed by atoms with Crippen LogP contribution in [0.3, 0.4) is 0 Å². The minimum Gasteiger partial charge on any atom is -0.493 e. The largest absolute Gasteiger partial charge is 0.493 e. The smallest absolute Gasteiger partial charge is 0.123 e. The lowest BCUT2D eigenvalue weighted by Crippen LogP contribution is -2.01. The zero-order valence-corrected chi connectivity index (χ0v) is 47.3. The van der Waals surface area contributed by atoms with Crippen molar-refractivity contribution in [1.29, 1.82) is 21.0 Å². The summed E-state index contributed by atoms with van der Waals surface area (Å²) in [6.45, 7) is 11.3. The highest BCUT2D eigenvalue weighted by Crippen LogP contribution is 2.46. The van der Waals surface area contributed by atoms with Crippen molar-refractivity contribution < 1.29 is 18.9 Å². The fourth-order valence-electron chi connectivity index (χ4n) is 10.9. The minimum absolute atomic E-state index is 0.306. The third kappa shape index (κ3) is 15.9. The van der Waals surface area contributed by atoms with Crippen molar-refractivity contribution in [2.75, 3.05) is 26.4 Å². The molecule has 0 aromatic heterocycles. The summed E-state index contributed by atoms with van der Waals surface area (Å²) in [6.07, 6.45) is 27.7. The summed E-state index contributed by atoms with van der Waals surface area (Å²) in [5, 5.41) is 48.7. The Hall–Kier alpha value is -7.26. The van der Waals surface area contributed by atoms with Crippen LogP contribution in [0.25, 0.3) is 65.3 Å². The molecule has 0 fully saturated rings. The van der Waals surface area contributed by atoms with E-state index in [-0.39, 0.29) is 0 Å². The number of rotatable bonds is 34. The zero-order chi connectivity index (χ0) is 54.9. The van der Waals surface area contributed by atoms with Crippen LogP contribution in [0.15, 0.2) is 84.9 Å². The molecule has 0 aliphatic carbocycles. The van der Waals surface area contributed by atoms with Crippen LogP contribution in [0.1, 0.15) is 204 Å². The number of fused-ring (bicyclic) bond motifs is 4. The molecule has 7 rings (SSSR count). The van der Waals surface area contributed by atoms with Crippen molar-refractivity contribution in [3.8, 4) is 69.5 Å². The van der Waals surface area contributed by atoms with E-state index in [4.69, 9.17) is 18.9 Å². The lowest BCUT2D eigenvalue weighted by Gasteiger charge is -2.19. The summed E-state index contributed by atoms with van der Waals surface area (Å²) in [6, 6.07) is 37.6. The highest BCUT2D eigenvalue weighted by atomic mass is 16.5. The summed E-state index contributed by atoms with van der Waals surface area (Å²) in [7, 11) is 0. The number of nitrogens with zero attached hydrogens (tertiary/aromatic N) is 4. The monoisotopic (exact) mass is 1040 g/mol. The fourth-order valence-corrected chi connectivity index (χ4v) is 10.9. The Kier molecular flexibility index (Phi) is 23.4. The maximum Gasteiger partial charge on any atom is 0.123 e. The van der Waals surface area contributed by atoms with Gasteiger partial charge in [0.1, 0.15) is 47.3 Å². The molecule has 0 radical (unpaired) electrons. The average molecular weight is 1040 g/mol. The molecular formula is C70H82N4O4. The predicted octanol–water partition coefficient (Wildman–Crippen LogP) is 20.1. The third-order valence-corrected chi connectivity index (χ3v) is 15.2. The van der Waals surface area contributed by atoms with Crippen LogP contribution in [-0.2, 0) is 0 Å². The molecular weight excluding hydrogens is 961 g/mol. The van der Waals surface area contributed by atoms with Gasteiger partial charge in [0.25, 0.3) is 0 Å². The molecule has 0 saturated carbocycles. The molecule has 0 N–H and O–H groups in total. The summed E-state index contributed by atoms with van der Waals surface area (Å²) in [4.78, 5) is 0. The van der Waals surface area contributed by atoms with Crippen molar-refractivity contribution in [3.05, 3.63) is 107 Å². The number of ether oxygens (including phenoxy) is 4. The molecule has 7 aromatic carbocycles. The van der Waals surface area contributed by atoms with E-state index < -0.39 is 0 Å². The summed E-state index contributed by atoms with van der Waals surface area (Å²) in [5.41, 5.74) is 4.79. The highest BCUT2D eigenvalue weighted by molar-refractivity contribution is 6.21. The molecule has 0 spiro atoms. The molecule has 8 nitrogen and oxygen atoms in total. The fraction of sp³-hybridized carbons (Fsp3) is 0.457. The van der Waals surface area contributed by atoms with Crippen LogP contribution in [0.5, 0.6) is 23.0 Å². The standard InChI is InChI=1S/C70H82N4O4/c1-5-9-13-17-21-25-29-75-61-37-55(38-62(45-61)76-30-26-22-18-14-10-6-2)69-65-41-54-34-52-36-58(48-72)60(50-74)44-68(52)70(66(54)42-53(65)33-51-35-57(47-71)59(49-73)43-67(51)69)56-39-63(77-31-27-23-19-15-11-7-3)46-64(40-56)78-32-28-24-20-16-12-8-4/h33-46H,5-32H2,1-4H3. The van der Waals surface area contributed by atoms with Crippen LogP contribution in [0.2, 0.25) is 0 Å². The van der Waals surface area contributed by atoms with Crippen LogP contribution in [0.4, 0.5) is 0 Å². The van der Waals surface area contributed by atoms with Crippen molar-refractivity contribution in [1.82, 2.24) is 0 Å². The van der Waals surface area contributed by atoms with Gasteiger partial charge in [-0.2, -0.15) is 21.0 Å². The van der Waals surface area contributed by atoms with E-state index in [1.165, 1.54) is 103 Å². The predicted molar refractivity (Wildman–Crippen MR) is 322 cm³/mol. The Balaban J connectivity index is 1.43. The normalized spacial score (nSPS) is 11.2. The summed E-state index contributed by atoms with van der Waals surface area (Å²) in [5.74, 6) is 2.88. The number of unbranched alkanes of at least 4 members (excludes halogenated alkanes) is 20. The number of benzene rings is 7. The van der Waals surface area contributed by atoms with Crippen molar-refractivity contribution >= 4 is 43.1 Å². The van der Waals surface area contributed by atoms with Crippen LogP contribution >= 0.6 is 0 Å². The highest BCUT2D eigenvalue weighted by Gasteiger charge is 2.21. The first kappa shape index (κ1) is 58.4. The molecule has 78 heavy (non-hydrogen) atoms. The second-order valence-electron chi connectivity index (χ2n) is 21.3. The van der Waals surface area contributed by atoms with Gasteiger partial charge >= 0.3 is 0 Å². The van der Waals surface area contributed by atoms with E-state index in [2.05, 4.69) is 101 Å². The van der Waals surface area contributed by atoms with Crippen molar-refractivity contribution in [2.24, 2.45) is 0 Å². The van der Waals surface area contributed by atoms with Gasteiger partial charge in [-0.15, -0.1) is 0 Å². The van der Waals surface area contributed by atoms with Crippen molar-refractivity contribution in [2.45, 2.75) is 182 Å². The Bertz CT molecular complexity index is 2980. The first-order valence-electron chi connectivity index (χ1n) is 29.8. The summed E-state index contributed by atoms with van der Waals surface area (Å²) >= 11 is 0. The lowest BCUT2D eigenvalue weighted by atomic mass is 9.85. The maximum atomic E-state index is 10.4. The number of hydrogen-bond acceptors (Lipinski definition) is 8. The Morgan fingerprint density at radius 3 is 0.795 bits per heavy atom. The first-order chi connectivity index (χ1) is 38.4. The molecule has 0 atom stereocenters. The van der Waals surface area contributed by atoms with Crippen LogP contribution in [-0.4, -0.2) is 26.4 Å². The van der Waals surface area contributed by atoms with E-state index in [0.29, 0.717) is 48.7 Å². The van der Waals surface area contributed by atoms with Crippen LogP contribution in [0, 0.1) is 45.3 Å². The molecule has 406 valence electrons. The SMILES string of the molecule is CCCCCCCCOc1cc(OCCCCCCCC)cc(-c2c3cc(C#N)c(C#N)cc3cc3cc4c(-c5cc(OCCCCCCCC)cc(OCCCCCCCC)c5)c5cc(C#N)c(C#N)cc5cc4cc23)c1. The molecule has 0 aliphatic heterocycles. The molecule has 0 bridgehead atoms. The van der Waals surface area contributed by atoms with Gasteiger partial charge in [0.15, 0.2) is 0 Å². The van der Waals surface area contributed by atoms with E-state index >= 15 is 0 Å². The van der Waals surface area contributed by atoms with Gasteiger partial charge in [0, 0.05) is 12.1 Å². The Morgan fingerprint density at radius 1 is 0.269 bits per heavy atom. The van der Waals surface area contributed by atoms with Gasteiger partial charge in [-0.3, -0.25) is 0 Å². The third-order valence-electron chi connectivity index (χ3n) is 15.2. The molecule has 8 heteroatoms. The molecule has 0 aliphatic rings. The summed E-state index contributed by atoms with van der Waals surface area (Å²) < 4.78 is 26.4.